The molecular weight excluding hydrogens is 406 g/mol. The molecule has 29 heavy (non-hydrogen) atoms. The predicted molar refractivity (Wildman–Crippen MR) is 97.1 cm³/mol. The number of fused-ring (bicyclic) bond motifs is 2. The number of aromatic nitrogens is 2. The molecule has 2 aliphatic rings. The summed E-state index contributed by atoms with van der Waals surface area (Å²) in [6.45, 7) is -0.383. The van der Waals surface area contributed by atoms with E-state index in [1.165, 1.54) is 6.92 Å². The lowest BCUT2D eigenvalue weighted by molar-refractivity contribution is 0.0560. The fourth-order valence-electron chi connectivity index (χ4n) is 3.94. The molecule has 2 aromatic rings. The molecule has 0 unspecified atom stereocenters. The molecule has 2 aliphatic heterocycles. The van der Waals surface area contributed by atoms with Crippen LogP contribution in [0.2, 0.25) is 0 Å². The summed E-state index contributed by atoms with van der Waals surface area (Å²) >= 11 is 0. The molecule has 1 saturated heterocycles. The van der Waals surface area contributed by atoms with Crippen LogP contribution >= 0.6 is 0 Å². The molecule has 8 nitrogen and oxygen atoms in total. The SMILES string of the molecule is Cc1nn(C(F)F)cc1S(=O)(=O)N1C[C@H]2NC(=O)c3ccccc3C(=O)[C@@]2(C)C1. The quantitative estimate of drug-likeness (QED) is 0.807. The Labute approximate surface area is 165 Å². The number of alkyl halides is 2. The van der Waals surface area contributed by atoms with Crippen molar-refractivity contribution in [3.8, 4) is 0 Å². The first-order chi connectivity index (χ1) is 13.6. The second-order valence-corrected chi connectivity index (χ2v) is 9.36. The number of nitrogens with zero attached hydrogens (tertiary/aromatic N) is 3. The van der Waals surface area contributed by atoms with Crippen LogP contribution in [0.15, 0.2) is 35.4 Å². The smallest absolute Gasteiger partial charge is 0.333 e. The van der Waals surface area contributed by atoms with Gasteiger partial charge < -0.3 is 5.32 Å². The number of carbonyl (C=O) groups excluding carboxylic acids is 2. The number of ketones is 1. The number of nitrogens with one attached hydrogen (secondary N) is 1. The van der Waals surface area contributed by atoms with Gasteiger partial charge in [-0.15, -0.1) is 0 Å². The molecule has 11 heteroatoms. The number of amides is 1. The Morgan fingerprint density at radius 1 is 1.24 bits per heavy atom. The third-order valence-corrected chi connectivity index (χ3v) is 7.50. The molecule has 2 atom stereocenters. The molecule has 0 radical (unpaired) electrons. The highest BCUT2D eigenvalue weighted by Gasteiger charge is 2.54. The second kappa shape index (κ2) is 6.42. The van der Waals surface area contributed by atoms with Crippen molar-refractivity contribution < 1.29 is 26.8 Å². The number of aryl methyl sites for hydroxylation is 1. The van der Waals surface area contributed by atoms with E-state index in [2.05, 4.69) is 10.4 Å². The van der Waals surface area contributed by atoms with E-state index >= 15 is 0 Å². The lowest BCUT2D eigenvalue weighted by Gasteiger charge is -2.26. The Morgan fingerprint density at radius 2 is 1.90 bits per heavy atom. The van der Waals surface area contributed by atoms with E-state index in [4.69, 9.17) is 0 Å². The van der Waals surface area contributed by atoms with Gasteiger partial charge in [0.05, 0.1) is 28.9 Å². The van der Waals surface area contributed by atoms with Gasteiger partial charge in [0.2, 0.25) is 10.0 Å². The number of Topliss-reactive ketones (excluding diaryl/α,β-unsaturated/α-hetero) is 1. The standard InChI is InChI=1S/C18H18F2N4O4S/c1-10-13(7-24(22-10)17(19)20)29(27,28)23-8-14-18(2,9-23)15(25)11-5-3-4-6-12(11)16(26)21-14/h3-7,14,17H,8-9H2,1-2H3,(H,21,26)/t14-,18+/m1/s1. The van der Waals surface area contributed by atoms with Gasteiger partial charge in [0.1, 0.15) is 4.90 Å². The summed E-state index contributed by atoms with van der Waals surface area (Å²) in [5.74, 6) is -0.794. The van der Waals surface area contributed by atoms with Gasteiger partial charge in [-0.25, -0.2) is 13.1 Å². The van der Waals surface area contributed by atoms with Crippen LogP contribution in [0.5, 0.6) is 0 Å². The Bertz CT molecular complexity index is 1130. The number of hydrogen-bond donors (Lipinski definition) is 1. The number of carbonyl (C=O) groups is 2. The zero-order chi connectivity index (χ0) is 21.1. The monoisotopic (exact) mass is 424 g/mol. The zero-order valence-electron chi connectivity index (χ0n) is 15.6. The lowest BCUT2D eigenvalue weighted by Crippen LogP contribution is -2.47. The van der Waals surface area contributed by atoms with Crippen molar-refractivity contribution in [2.24, 2.45) is 5.41 Å². The molecule has 0 aliphatic carbocycles. The van der Waals surface area contributed by atoms with Crippen molar-refractivity contribution in [3.05, 3.63) is 47.3 Å². The summed E-state index contributed by atoms with van der Waals surface area (Å²) in [5, 5.41) is 6.30. The van der Waals surface area contributed by atoms with Gasteiger partial charge in [0.15, 0.2) is 5.78 Å². The van der Waals surface area contributed by atoms with Gasteiger partial charge in [0, 0.05) is 18.7 Å². The highest BCUT2D eigenvalue weighted by atomic mass is 32.2. The largest absolute Gasteiger partial charge is 0.347 e. The van der Waals surface area contributed by atoms with E-state index in [-0.39, 0.29) is 45.3 Å². The maximum atomic E-state index is 13.2. The van der Waals surface area contributed by atoms with E-state index in [0.29, 0.717) is 0 Å². The minimum absolute atomic E-state index is 0.0664. The summed E-state index contributed by atoms with van der Waals surface area (Å²) < 4.78 is 53.3. The van der Waals surface area contributed by atoms with Crippen LogP contribution in [0.3, 0.4) is 0 Å². The van der Waals surface area contributed by atoms with Crippen molar-refractivity contribution in [3.63, 3.8) is 0 Å². The molecule has 1 N–H and O–H groups in total. The molecule has 4 rings (SSSR count). The first-order valence-corrected chi connectivity index (χ1v) is 10.3. The van der Waals surface area contributed by atoms with Crippen molar-refractivity contribution in [2.75, 3.05) is 13.1 Å². The second-order valence-electron chi connectivity index (χ2n) is 7.45. The van der Waals surface area contributed by atoms with E-state index in [0.717, 1.165) is 10.5 Å². The van der Waals surface area contributed by atoms with Crippen LogP contribution in [0.4, 0.5) is 8.78 Å². The van der Waals surface area contributed by atoms with Crippen molar-refractivity contribution >= 4 is 21.7 Å². The fraction of sp³-hybridized carbons (Fsp3) is 0.389. The summed E-state index contributed by atoms with van der Waals surface area (Å²) in [6, 6.07) is 5.62. The molecule has 1 amide bonds. The maximum absolute atomic E-state index is 13.2. The van der Waals surface area contributed by atoms with Gasteiger partial charge in [0.25, 0.3) is 5.91 Å². The van der Waals surface area contributed by atoms with Gasteiger partial charge >= 0.3 is 6.55 Å². The minimum Gasteiger partial charge on any atom is -0.347 e. The van der Waals surface area contributed by atoms with Crippen LogP contribution < -0.4 is 5.32 Å². The summed E-state index contributed by atoms with van der Waals surface area (Å²) in [4.78, 5) is 25.4. The Morgan fingerprint density at radius 3 is 2.52 bits per heavy atom. The average molecular weight is 424 g/mol. The van der Waals surface area contributed by atoms with Crippen molar-refractivity contribution in [1.82, 2.24) is 19.4 Å². The number of sulfonamides is 1. The molecule has 0 bridgehead atoms. The fourth-order valence-corrected chi connectivity index (χ4v) is 5.66. The zero-order valence-corrected chi connectivity index (χ0v) is 16.4. The lowest BCUT2D eigenvalue weighted by atomic mass is 9.78. The molecule has 0 spiro atoms. The van der Waals surface area contributed by atoms with E-state index in [9.17, 15) is 26.8 Å². The summed E-state index contributed by atoms with van der Waals surface area (Å²) in [7, 11) is -4.20. The predicted octanol–water partition coefficient (Wildman–Crippen LogP) is 1.59. The molecular formula is C18H18F2N4O4S. The van der Waals surface area contributed by atoms with E-state index < -0.39 is 33.9 Å². The van der Waals surface area contributed by atoms with Crippen LogP contribution in [-0.4, -0.2) is 53.3 Å². The van der Waals surface area contributed by atoms with Crippen LogP contribution in [0.25, 0.3) is 0 Å². The van der Waals surface area contributed by atoms with Crippen molar-refractivity contribution in [2.45, 2.75) is 31.3 Å². The first-order valence-electron chi connectivity index (χ1n) is 8.84. The van der Waals surface area contributed by atoms with Gasteiger partial charge in [-0.1, -0.05) is 18.2 Å². The topological polar surface area (TPSA) is 101 Å². The Hall–Kier alpha value is -2.66. The van der Waals surface area contributed by atoms with E-state index in [1.807, 2.05) is 0 Å². The highest BCUT2D eigenvalue weighted by Crippen LogP contribution is 2.39. The normalized spacial score (nSPS) is 24.9. The molecule has 0 saturated carbocycles. The number of benzene rings is 1. The highest BCUT2D eigenvalue weighted by molar-refractivity contribution is 7.89. The maximum Gasteiger partial charge on any atom is 0.333 e. The minimum atomic E-state index is -4.20. The number of rotatable bonds is 3. The van der Waals surface area contributed by atoms with Gasteiger partial charge in [-0.05, 0) is 19.9 Å². The number of halogens is 2. The van der Waals surface area contributed by atoms with Gasteiger partial charge in [-0.2, -0.15) is 18.2 Å². The number of hydrogen-bond acceptors (Lipinski definition) is 5. The summed E-state index contributed by atoms with van der Waals surface area (Å²) in [6.07, 6.45) is 0.779. The third kappa shape index (κ3) is 2.87. The molecule has 1 fully saturated rings. The molecule has 1 aromatic heterocycles. The molecule has 1 aromatic carbocycles. The molecule has 3 heterocycles. The third-order valence-electron chi connectivity index (χ3n) is 5.59. The van der Waals surface area contributed by atoms with Crippen molar-refractivity contribution in [1.29, 1.82) is 0 Å². The van der Waals surface area contributed by atoms with Crippen LogP contribution in [0, 0.1) is 12.3 Å². The summed E-state index contributed by atoms with van der Waals surface area (Å²) in [5.41, 5.74) is -0.780. The Balaban J connectivity index is 1.73. The first kappa shape index (κ1) is 19.6. The van der Waals surface area contributed by atoms with Gasteiger partial charge in [-0.3, -0.25) is 9.59 Å². The van der Waals surface area contributed by atoms with Crippen LogP contribution in [-0.2, 0) is 10.0 Å². The average Bonchev–Trinajstić information content (AvgIpc) is 3.21. The molecule has 154 valence electrons. The van der Waals surface area contributed by atoms with Crippen LogP contribution in [0.1, 0.15) is 39.9 Å². The Kier molecular flexibility index (Phi) is 4.35. The van der Waals surface area contributed by atoms with E-state index in [1.54, 1.807) is 31.2 Å².